The largest absolute Gasteiger partial charge is 0.467 e. The van der Waals surface area contributed by atoms with E-state index >= 15 is 0 Å². The minimum Gasteiger partial charge on any atom is -0.467 e. The third kappa shape index (κ3) is 5.39. The van der Waals surface area contributed by atoms with Gasteiger partial charge in [0.25, 0.3) is 0 Å². The maximum Gasteiger partial charge on any atom is 0.191 e. The highest BCUT2D eigenvalue weighted by Crippen LogP contribution is 2.26. The maximum atomic E-state index is 5.35. The Kier molecular flexibility index (Phi) is 7.61. The molecular weight excluding hydrogens is 427 g/mol. The molecule has 2 aromatic rings. The minimum absolute atomic E-state index is 0. The first-order valence-electron chi connectivity index (χ1n) is 8.63. The van der Waals surface area contributed by atoms with E-state index in [1.165, 1.54) is 23.2 Å². The quantitative estimate of drug-likeness (QED) is 0.413. The zero-order valence-corrected chi connectivity index (χ0v) is 17.2. The van der Waals surface area contributed by atoms with Gasteiger partial charge >= 0.3 is 0 Å². The third-order valence-electron chi connectivity index (χ3n) is 4.27. The Bertz CT molecular complexity index is 685. The molecule has 0 atom stereocenters. The zero-order valence-electron chi connectivity index (χ0n) is 14.9. The number of halogens is 1. The molecule has 0 amide bonds. The molecule has 0 bridgehead atoms. The van der Waals surface area contributed by atoms with E-state index in [4.69, 9.17) is 9.41 Å². The predicted octanol–water partition coefficient (Wildman–Crippen LogP) is 3.54. The lowest BCUT2D eigenvalue weighted by molar-refractivity contribution is 0.501. The number of aliphatic imine (C=N–C) groups is 1. The molecule has 0 unspecified atom stereocenters. The van der Waals surface area contributed by atoms with Gasteiger partial charge in [0.2, 0.25) is 0 Å². The summed E-state index contributed by atoms with van der Waals surface area (Å²) in [5.41, 5.74) is 4.04. The molecule has 1 aliphatic heterocycles. The van der Waals surface area contributed by atoms with Gasteiger partial charge in [-0.05, 0) is 49.1 Å². The van der Waals surface area contributed by atoms with Crippen LogP contribution >= 0.6 is 24.0 Å². The summed E-state index contributed by atoms with van der Waals surface area (Å²) in [5, 5.41) is 6.57. The number of benzene rings is 1. The van der Waals surface area contributed by atoms with Crippen LogP contribution in [0.4, 0.5) is 5.69 Å². The summed E-state index contributed by atoms with van der Waals surface area (Å²) >= 11 is 0. The Hall–Kier alpha value is -1.70. The molecule has 25 heavy (non-hydrogen) atoms. The molecule has 2 N–H and O–H groups in total. The lowest BCUT2D eigenvalue weighted by Crippen LogP contribution is -2.36. The Balaban J connectivity index is 0.00000225. The Morgan fingerprint density at radius 2 is 2.16 bits per heavy atom. The lowest BCUT2D eigenvalue weighted by Gasteiger charge is -2.27. The van der Waals surface area contributed by atoms with Crippen LogP contribution in [-0.4, -0.2) is 26.1 Å². The Morgan fingerprint density at radius 3 is 2.92 bits per heavy atom. The molecule has 2 heterocycles. The standard InChI is InChI=1S/C19H26N4O.HI/c1-3-20-19(22-14-17-7-5-11-24-17)21-13-15-8-9-18-16(12-15)6-4-10-23(18)2;/h5,7-9,11-12H,3-4,6,10,13-14H2,1-2H3,(H2,20,21,22);1H. The van der Waals surface area contributed by atoms with Crippen LogP contribution in [0.5, 0.6) is 0 Å². The number of guanidine groups is 1. The normalized spacial score (nSPS) is 13.8. The summed E-state index contributed by atoms with van der Waals surface area (Å²) in [6, 6.07) is 10.6. The summed E-state index contributed by atoms with van der Waals surface area (Å²) in [6.45, 7) is 5.35. The van der Waals surface area contributed by atoms with E-state index in [2.05, 4.69) is 47.7 Å². The number of aryl methyl sites for hydroxylation is 1. The number of furan rings is 1. The zero-order chi connectivity index (χ0) is 16.8. The van der Waals surface area contributed by atoms with Crippen molar-refractivity contribution in [2.45, 2.75) is 32.9 Å². The first kappa shape index (κ1) is 19.6. The number of hydrogen-bond donors (Lipinski definition) is 2. The monoisotopic (exact) mass is 454 g/mol. The van der Waals surface area contributed by atoms with Crippen LogP contribution in [0.15, 0.2) is 46.0 Å². The lowest BCUT2D eigenvalue weighted by atomic mass is 10.00. The van der Waals surface area contributed by atoms with Crippen molar-refractivity contribution in [1.82, 2.24) is 10.6 Å². The first-order chi connectivity index (χ1) is 11.8. The van der Waals surface area contributed by atoms with E-state index in [-0.39, 0.29) is 24.0 Å². The molecule has 0 aliphatic carbocycles. The van der Waals surface area contributed by atoms with E-state index in [0.717, 1.165) is 31.2 Å². The number of hydrogen-bond acceptors (Lipinski definition) is 3. The van der Waals surface area contributed by atoms with Crippen LogP contribution in [-0.2, 0) is 19.5 Å². The molecule has 0 spiro atoms. The van der Waals surface area contributed by atoms with Crippen molar-refractivity contribution in [2.75, 3.05) is 25.0 Å². The fourth-order valence-electron chi connectivity index (χ4n) is 3.03. The molecule has 1 aliphatic rings. The SMILES string of the molecule is CCNC(=NCc1ccc2c(c1)CCCN2C)NCc1ccco1.I. The van der Waals surface area contributed by atoms with Crippen LogP contribution in [0.3, 0.4) is 0 Å². The van der Waals surface area contributed by atoms with Crippen molar-refractivity contribution < 1.29 is 4.42 Å². The second-order valence-corrected chi connectivity index (χ2v) is 6.12. The molecule has 1 aromatic carbocycles. The van der Waals surface area contributed by atoms with Gasteiger partial charge in [0, 0.05) is 25.8 Å². The summed E-state index contributed by atoms with van der Waals surface area (Å²) in [7, 11) is 2.16. The van der Waals surface area contributed by atoms with Crippen LogP contribution in [0.1, 0.15) is 30.2 Å². The van der Waals surface area contributed by atoms with Gasteiger partial charge in [-0.25, -0.2) is 4.99 Å². The van der Waals surface area contributed by atoms with Gasteiger partial charge < -0.3 is 20.0 Å². The molecule has 5 nitrogen and oxygen atoms in total. The molecule has 136 valence electrons. The van der Waals surface area contributed by atoms with Gasteiger partial charge in [-0.2, -0.15) is 0 Å². The van der Waals surface area contributed by atoms with E-state index in [0.29, 0.717) is 13.1 Å². The van der Waals surface area contributed by atoms with Gasteiger partial charge in [0.15, 0.2) is 5.96 Å². The molecule has 1 aromatic heterocycles. The van der Waals surface area contributed by atoms with Crippen LogP contribution in [0.25, 0.3) is 0 Å². The first-order valence-corrected chi connectivity index (χ1v) is 8.63. The van der Waals surface area contributed by atoms with E-state index in [1.54, 1.807) is 6.26 Å². The minimum atomic E-state index is 0. The van der Waals surface area contributed by atoms with Crippen molar-refractivity contribution in [3.8, 4) is 0 Å². The van der Waals surface area contributed by atoms with Crippen molar-refractivity contribution in [2.24, 2.45) is 4.99 Å². The second kappa shape index (κ2) is 9.70. The molecule has 0 saturated carbocycles. The number of anilines is 1. The van der Waals surface area contributed by atoms with Crippen molar-refractivity contribution in [1.29, 1.82) is 0 Å². The highest BCUT2D eigenvalue weighted by molar-refractivity contribution is 14.0. The van der Waals surface area contributed by atoms with Gasteiger partial charge in [0.1, 0.15) is 5.76 Å². The highest BCUT2D eigenvalue weighted by Gasteiger charge is 2.13. The van der Waals surface area contributed by atoms with Gasteiger partial charge in [0.05, 0.1) is 19.4 Å². The number of rotatable bonds is 5. The number of nitrogens with zero attached hydrogens (tertiary/aromatic N) is 2. The van der Waals surface area contributed by atoms with Gasteiger partial charge in [-0.15, -0.1) is 24.0 Å². The maximum absolute atomic E-state index is 5.35. The van der Waals surface area contributed by atoms with Gasteiger partial charge in [-0.1, -0.05) is 12.1 Å². The number of nitrogens with one attached hydrogen (secondary N) is 2. The molecule has 3 rings (SSSR count). The average Bonchev–Trinajstić information content (AvgIpc) is 3.11. The summed E-state index contributed by atoms with van der Waals surface area (Å²) < 4.78 is 5.35. The fraction of sp³-hybridized carbons (Fsp3) is 0.421. The van der Waals surface area contributed by atoms with Crippen molar-refractivity contribution in [3.05, 3.63) is 53.5 Å². The Labute approximate surface area is 166 Å². The summed E-state index contributed by atoms with van der Waals surface area (Å²) in [4.78, 5) is 7.02. The molecule has 6 heteroatoms. The smallest absolute Gasteiger partial charge is 0.191 e. The molecule has 0 fully saturated rings. The predicted molar refractivity (Wildman–Crippen MR) is 114 cm³/mol. The molecule has 0 saturated heterocycles. The highest BCUT2D eigenvalue weighted by atomic mass is 127. The Morgan fingerprint density at radius 1 is 1.28 bits per heavy atom. The van der Waals surface area contributed by atoms with Crippen molar-refractivity contribution in [3.63, 3.8) is 0 Å². The second-order valence-electron chi connectivity index (χ2n) is 6.12. The van der Waals surface area contributed by atoms with E-state index in [1.807, 2.05) is 12.1 Å². The van der Waals surface area contributed by atoms with E-state index < -0.39 is 0 Å². The molecule has 0 radical (unpaired) electrons. The third-order valence-corrected chi connectivity index (χ3v) is 4.27. The van der Waals surface area contributed by atoms with Crippen LogP contribution in [0, 0.1) is 0 Å². The average molecular weight is 454 g/mol. The number of fused-ring (bicyclic) bond motifs is 1. The molecular formula is C19H27IN4O. The summed E-state index contributed by atoms with van der Waals surface area (Å²) in [5.74, 6) is 1.71. The summed E-state index contributed by atoms with van der Waals surface area (Å²) in [6.07, 6.45) is 4.07. The van der Waals surface area contributed by atoms with Crippen LogP contribution < -0.4 is 15.5 Å². The fourth-order valence-corrected chi connectivity index (χ4v) is 3.03. The topological polar surface area (TPSA) is 52.8 Å². The van der Waals surface area contributed by atoms with Crippen LogP contribution in [0.2, 0.25) is 0 Å². The van der Waals surface area contributed by atoms with Crippen molar-refractivity contribution >= 4 is 35.6 Å². The van der Waals surface area contributed by atoms with E-state index in [9.17, 15) is 0 Å². The van der Waals surface area contributed by atoms with Gasteiger partial charge in [-0.3, -0.25) is 0 Å².